The van der Waals surface area contributed by atoms with Gasteiger partial charge in [-0.05, 0) is 64.1 Å². The van der Waals surface area contributed by atoms with Crippen LogP contribution in [0.5, 0.6) is 11.5 Å². The van der Waals surface area contributed by atoms with Crippen LogP contribution in [-0.2, 0) is 19.1 Å². The molecule has 3 aromatic rings. The van der Waals surface area contributed by atoms with Gasteiger partial charge in [0.25, 0.3) is 0 Å². The third-order valence-corrected chi connectivity index (χ3v) is 5.56. The maximum absolute atomic E-state index is 12.4. The van der Waals surface area contributed by atoms with Gasteiger partial charge in [-0.3, -0.25) is 0 Å². The quantitative estimate of drug-likeness (QED) is 0.380. The maximum atomic E-state index is 12.4. The number of benzene rings is 3. The number of amides is 2. The largest absolute Gasteiger partial charge is 1.00 e. The first-order valence-electron chi connectivity index (χ1n) is 8.12. The average Bonchev–Trinajstić information content (AvgIpc) is 2.68. The minimum atomic E-state index is -2.59. The molecule has 0 aromatic heterocycles. The van der Waals surface area contributed by atoms with Crippen LogP contribution in [0.4, 0.5) is 16.2 Å². The van der Waals surface area contributed by atoms with E-state index in [1.807, 2.05) is 0 Å². The number of carbonyl (C=O) groups excluding carboxylic acids is 1. The second kappa shape index (κ2) is 11.6. The molecule has 0 bridgehead atoms. The topological polar surface area (TPSA) is 84.5 Å². The fourth-order valence-electron chi connectivity index (χ4n) is 2.36. The second-order valence-electron chi connectivity index (χ2n) is 5.78. The van der Waals surface area contributed by atoms with E-state index in [-0.39, 0.29) is 61.7 Å². The van der Waals surface area contributed by atoms with E-state index in [1.165, 1.54) is 42.5 Å². The van der Waals surface area contributed by atoms with Crippen LogP contribution in [0.2, 0.25) is 20.1 Å². The van der Waals surface area contributed by atoms with Crippen LogP contribution < -0.4 is 44.9 Å². The first-order chi connectivity index (χ1) is 14.2. The standard InChI is InChI=1S/C19H11Cl4N2O4S.Na/c20-10-1-5-16(29-17-6-2-11(21)8-18(17)30(27)28)15(7-10)25-19(26)24-12-3-4-13(22)14(23)9-12;/h1-9H,(H2,24,25,26);/q-1;+1. The molecule has 0 heterocycles. The molecule has 2 amide bonds. The molecule has 31 heavy (non-hydrogen) atoms. The van der Waals surface area contributed by atoms with E-state index in [0.29, 0.717) is 15.7 Å². The van der Waals surface area contributed by atoms with Gasteiger partial charge >= 0.3 is 35.6 Å². The predicted octanol–water partition coefficient (Wildman–Crippen LogP) is 4.41. The molecule has 0 aliphatic rings. The van der Waals surface area contributed by atoms with Gasteiger partial charge in [-0.15, -0.1) is 0 Å². The van der Waals surface area contributed by atoms with Crippen molar-refractivity contribution in [1.82, 2.24) is 0 Å². The number of carbonyl (C=O) groups is 1. The monoisotopic (exact) mass is 526 g/mol. The zero-order chi connectivity index (χ0) is 21.8. The number of urea groups is 1. The molecule has 0 spiro atoms. The third-order valence-electron chi connectivity index (χ3n) is 3.67. The fourth-order valence-corrected chi connectivity index (χ4v) is 3.57. The number of hydrogen-bond acceptors (Lipinski definition) is 5. The molecule has 3 rings (SSSR count). The van der Waals surface area contributed by atoms with Crippen LogP contribution in [0.15, 0.2) is 59.5 Å². The summed E-state index contributed by atoms with van der Waals surface area (Å²) in [5, 5.41) is 6.39. The van der Waals surface area contributed by atoms with Gasteiger partial charge in [0.15, 0.2) is 5.75 Å². The average molecular weight is 528 g/mol. The fraction of sp³-hybridized carbons (Fsp3) is 0. The van der Waals surface area contributed by atoms with Gasteiger partial charge < -0.3 is 23.8 Å². The van der Waals surface area contributed by atoms with Crippen molar-refractivity contribution in [3.63, 3.8) is 0 Å². The molecular formula is C19H11Cl4N2NaO4S. The molecule has 0 radical (unpaired) electrons. The van der Waals surface area contributed by atoms with Crippen molar-refractivity contribution in [2.75, 3.05) is 10.6 Å². The van der Waals surface area contributed by atoms with Crippen molar-refractivity contribution >= 4 is 74.5 Å². The molecule has 0 saturated heterocycles. The molecule has 0 unspecified atom stereocenters. The Kier molecular flexibility index (Phi) is 9.79. The normalized spacial score (nSPS) is 10.4. The van der Waals surface area contributed by atoms with Gasteiger partial charge in [0.05, 0.1) is 15.7 Å². The van der Waals surface area contributed by atoms with Crippen LogP contribution in [-0.4, -0.2) is 6.03 Å². The van der Waals surface area contributed by atoms with Crippen molar-refractivity contribution in [3.8, 4) is 11.5 Å². The molecule has 3 aromatic carbocycles. The van der Waals surface area contributed by atoms with Crippen molar-refractivity contribution in [2.45, 2.75) is 4.90 Å². The summed E-state index contributed by atoms with van der Waals surface area (Å²) in [5.74, 6) is 0.195. The SMILES string of the molecule is O=C(Nc1ccc(Cl)c(Cl)c1)Nc1cc(Cl)ccc1Oc1ccc(Cl)cc1[S-](=O)=O.[Na+]. The summed E-state index contributed by atoms with van der Waals surface area (Å²) in [6.45, 7) is 0. The minimum absolute atomic E-state index is 0. The Hall–Kier alpha value is -1.16. The Labute approximate surface area is 222 Å². The summed E-state index contributed by atoms with van der Waals surface area (Å²) >= 11 is 23.7. The molecular weight excluding hydrogens is 517 g/mol. The molecule has 12 heteroatoms. The molecule has 0 atom stereocenters. The molecule has 156 valence electrons. The van der Waals surface area contributed by atoms with E-state index >= 15 is 0 Å². The van der Waals surface area contributed by atoms with E-state index in [9.17, 15) is 13.2 Å². The summed E-state index contributed by atoms with van der Waals surface area (Å²) in [6, 6.07) is 12.6. The summed E-state index contributed by atoms with van der Waals surface area (Å²) < 4.78 is 28.7. The van der Waals surface area contributed by atoms with E-state index in [1.54, 1.807) is 12.1 Å². The molecule has 0 aliphatic heterocycles. The Morgan fingerprint density at radius 2 is 1.42 bits per heavy atom. The van der Waals surface area contributed by atoms with Crippen LogP contribution in [0, 0.1) is 0 Å². The van der Waals surface area contributed by atoms with Crippen LogP contribution in [0.1, 0.15) is 0 Å². The summed E-state index contributed by atoms with van der Waals surface area (Å²) in [7, 11) is -2.59. The number of ether oxygens (including phenoxy) is 1. The molecule has 2 N–H and O–H groups in total. The van der Waals surface area contributed by atoms with E-state index < -0.39 is 16.7 Å². The number of nitrogens with one attached hydrogen (secondary N) is 2. The van der Waals surface area contributed by atoms with Crippen molar-refractivity contribution in [3.05, 3.63) is 74.7 Å². The van der Waals surface area contributed by atoms with Gasteiger partial charge in [0.1, 0.15) is 5.75 Å². The molecule has 0 saturated carbocycles. The van der Waals surface area contributed by atoms with Crippen molar-refractivity contribution < 1.29 is 47.5 Å². The summed E-state index contributed by atoms with van der Waals surface area (Å²) in [5.41, 5.74) is 0.616. The first kappa shape index (κ1) is 26.1. The van der Waals surface area contributed by atoms with Gasteiger partial charge in [-0.2, -0.15) is 0 Å². The Morgan fingerprint density at radius 1 is 0.774 bits per heavy atom. The van der Waals surface area contributed by atoms with E-state index in [4.69, 9.17) is 51.1 Å². The third kappa shape index (κ3) is 7.17. The van der Waals surface area contributed by atoms with Gasteiger partial charge in [0.2, 0.25) is 0 Å². The molecule has 6 nitrogen and oxygen atoms in total. The Bertz CT molecular complexity index is 1200. The van der Waals surface area contributed by atoms with E-state index in [2.05, 4.69) is 10.6 Å². The number of anilines is 2. The first-order valence-corrected chi connectivity index (χ1v) is 10.7. The smallest absolute Gasteiger partial charge is 0.457 e. The van der Waals surface area contributed by atoms with Crippen LogP contribution in [0.25, 0.3) is 0 Å². The summed E-state index contributed by atoms with van der Waals surface area (Å²) in [6.07, 6.45) is 0. The van der Waals surface area contributed by atoms with Gasteiger partial charge in [-0.25, -0.2) is 4.79 Å². The zero-order valence-electron chi connectivity index (χ0n) is 15.7. The Balaban J connectivity index is 0.00000341. The van der Waals surface area contributed by atoms with Crippen molar-refractivity contribution in [2.24, 2.45) is 0 Å². The predicted molar refractivity (Wildman–Crippen MR) is 119 cm³/mol. The number of halogens is 4. The van der Waals surface area contributed by atoms with Crippen LogP contribution in [0.3, 0.4) is 0 Å². The van der Waals surface area contributed by atoms with Gasteiger partial charge in [-0.1, -0.05) is 52.5 Å². The van der Waals surface area contributed by atoms with Crippen molar-refractivity contribution in [1.29, 1.82) is 0 Å². The number of rotatable bonds is 5. The summed E-state index contributed by atoms with van der Waals surface area (Å²) in [4.78, 5) is 12.3. The minimum Gasteiger partial charge on any atom is -0.457 e. The maximum Gasteiger partial charge on any atom is 1.00 e. The van der Waals surface area contributed by atoms with Crippen LogP contribution >= 0.6 is 46.4 Å². The molecule has 0 aliphatic carbocycles. The van der Waals surface area contributed by atoms with Gasteiger partial charge in [0, 0.05) is 15.7 Å². The Morgan fingerprint density at radius 3 is 2.06 bits per heavy atom. The number of hydrogen-bond donors (Lipinski definition) is 2. The zero-order valence-corrected chi connectivity index (χ0v) is 21.6. The second-order valence-corrected chi connectivity index (χ2v) is 8.37. The molecule has 0 fully saturated rings. The van der Waals surface area contributed by atoms with E-state index in [0.717, 1.165) is 0 Å².